The van der Waals surface area contributed by atoms with Gasteiger partial charge in [0.05, 0.1) is 42.5 Å². The van der Waals surface area contributed by atoms with E-state index >= 15 is 0 Å². The number of ether oxygens (including phenoxy) is 2. The molecule has 132 valence electrons. The Kier molecular flexibility index (Phi) is 4.82. The summed E-state index contributed by atoms with van der Waals surface area (Å²) >= 11 is 0. The van der Waals surface area contributed by atoms with Gasteiger partial charge in [-0.2, -0.15) is 5.26 Å². The lowest BCUT2D eigenvalue weighted by atomic mass is 9.84. The third kappa shape index (κ3) is 2.91. The maximum absolute atomic E-state index is 12.2. The fourth-order valence-corrected chi connectivity index (χ4v) is 3.93. The van der Waals surface area contributed by atoms with Gasteiger partial charge in [0.2, 0.25) is 0 Å². The summed E-state index contributed by atoms with van der Waals surface area (Å²) in [5.41, 5.74) is 4.08. The Balaban J connectivity index is 2.20. The monoisotopic (exact) mass is 340 g/mol. The van der Waals surface area contributed by atoms with E-state index in [1.807, 2.05) is 26.0 Å². The molecule has 2 aromatic rings. The molecule has 1 N–H and O–H groups in total. The van der Waals surface area contributed by atoms with Crippen LogP contribution in [0.15, 0.2) is 12.1 Å². The van der Waals surface area contributed by atoms with Crippen molar-refractivity contribution in [3.63, 3.8) is 0 Å². The number of aromatic amines is 1. The zero-order valence-corrected chi connectivity index (χ0v) is 15.1. The number of carbonyl (C=O) groups excluding carboxylic acids is 1. The van der Waals surface area contributed by atoms with Gasteiger partial charge in [-0.05, 0) is 43.9 Å². The molecule has 1 aromatic heterocycles. The number of nitriles is 1. The second kappa shape index (κ2) is 6.89. The average Bonchev–Trinajstić information content (AvgIpc) is 2.98. The van der Waals surface area contributed by atoms with Crippen molar-refractivity contribution >= 4 is 16.9 Å². The average molecular weight is 340 g/mol. The summed E-state index contributed by atoms with van der Waals surface area (Å²) in [6.07, 6.45) is 2.54. The van der Waals surface area contributed by atoms with Crippen LogP contribution in [0.3, 0.4) is 0 Å². The molecule has 0 amide bonds. The van der Waals surface area contributed by atoms with Gasteiger partial charge < -0.3 is 14.5 Å². The highest BCUT2D eigenvalue weighted by Crippen LogP contribution is 2.43. The van der Waals surface area contributed by atoms with E-state index in [1.165, 1.54) is 0 Å². The van der Waals surface area contributed by atoms with E-state index in [2.05, 4.69) is 18.0 Å². The highest BCUT2D eigenvalue weighted by Gasteiger charge is 2.42. The maximum Gasteiger partial charge on any atom is 0.309 e. The molecule has 5 heteroatoms. The largest absolute Gasteiger partial charge is 0.466 e. The highest BCUT2D eigenvalue weighted by molar-refractivity contribution is 5.93. The summed E-state index contributed by atoms with van der Waals surface area (Å²) in [6, 6.07) is 6.13. The number of nitrogens with one attached hydrogen (secondary N) is 1. The molecule has 1 aromatic carbocycles. The van der Waals surface area contributed by atoms with E-state index < -0.39 is 5.60 Å². The zero-order chi connectivity index (χ0) is 18.0. The molecule has 1 aliphatic rings. The van der Waals surface area contributed by atoms with Crippen LogP contribution in [0.4, 0.5) is 0 Å². The number of rotatable bonds is 5. The molecule has 3 rings (SSSR count). The van der Waals surface area contributed by atoms with Gasteiger partial charge in [-0.1, -0.05) is 19.4 Å². The molecule has 0 spiro atoms. The summed E-state index contributed by atoms with van der Waals surface area (Å²) in [5, 5.41) is 10.5. The first kappa shape index (κ1) is 17.5. The summed E-state index contributed by atoms with van der Waals surface area (Å²) in [5.74, 6) is -0.250. The molecule has 0 saturated heterocycles. The third-order valence-corrected chi connectivity index (χ3v) is 4.96. The van der Waals surface area contributed by atoms with E-state index in [0.29, 0.717) is 18.8 Å². The number of H-pyrrole nitrogens is 1. The quantitative estimate of drug-likeness (QED) is 0.838. The number of esters is 1. The van der Waals surface area contributed by atoms with Gasteiger partial charge in [0.15, 0.2) is 0 Å². The van der Waals surface area contributed by atoms with Gasteiger partial charge in [0.1, 0.15) is 5.60 Å². The van der Waals surface area contributed by atoms with Crippen molar-refractivity contribution in [2.75, 3.05) is 13.2 Å². The number of benzene rings is 1. The second-order valence-corrected chi connectivity index (χ2v) is 6.59. The number of fused-ring (bicyclic) bond motifs is 3. The topological polar surface area (TPSA) is 75.1 Å². The Morgan fingerprint density at radius 3 is 2.92 bits per heavy atom. The first-order valence-corrected chi connectivity index (χ1v) is 8.90. The summed E-state index contributed by atoms with van der Waals surface area (Å²) in [7, 11) is 0. The maximum atomic E-state index is 12.2. The number of carbonyl (C=O) groups is 1. The van der Waals surface area contributed by atoms with Crippen LogP contribution in [-0.4, -0.2) is 24.2 Å². The lowest BCUT2D eigenvalue weighted by molar-refractivity contribution is -0.155. The standard InChI is InChI=1S/C20H24N2O3/c1-4-9-20(11-16(23)24-5-2)19-15(8-10-25-20)17-14(12-21)7-6-13(3)18(17)22-19/h6-7,22H,4-5,8-11H2,1-3H3/t20-/m0/s1. The molecule has 5 nitrogen and oxygen atoms in total. The Morgan fingerprint density at radius 1 is 1.44 bits per heavy atom. The lowest BCUT2D eigenvalue weighted by Gasteiger charge is -2.36. The van der Waals surface area contributed by atoms with Crippen molar-refractivity contribution in [2.45, 2.75) is 52.1 Å². The van der Waals surface area contributed by atoms with Gasteiger partial charge in [-0.15, -0.1) is 0 Å². The summed E-state index contributed by atoms with van der Waals surface area (Å²) in [4.78, 5) is 15.7. The molecule has 0 radical (unpaired) electrons. The molecule has 0 fully saturated rings. The highest BCUT2D eigenvalue weighted by atomic mass is 16.5. The number of hydrogen-bond donors (Lipinski definition) is 1. The number of aryl methyl sites for hydroxylation is 1. The first-order valence-electron chi connectivity index (χ1n) is 8.90. The lowest BCUT2D eigenvalue weighted by Crippen LogP contribution is -2.38. The first-order chi connectivity index (χ1) is 12.1. The molecule has 0 unspecified atom stereocenters. The Bertz CT molecular complexity index is 847. The molecular formula is C20H24N2O3. The van der Waals surface area contributed by atoms with Crippen LogP contribution in [-0.2, 0) is 26.3 Å². The Labute approximate surface area is 147 Å². The SMILES string of the molecule is CCC[C@@]1(CC(=O)OCC)OCCc2c1[nH]c1c(C)ccc(C#N)c21. The van der Waals surface area contributed by atoms with Crippen LogP contribution in [0.25, 0.3) is 10.9 Å². The van der Waals surface area contributed by atoms with E-state index in [0.717, 1.165) is 47.0 Å². The Morgan fingerprint density at radius 2 is 2.24 bits per heavy atom. The number of aromatic nitrogens is 1. The van der Waals surface area contributed by atoms with E-state index in [1.54, 1.807) is 0 Å². The number of hydrogen-bond acceptors (Lipinski definition) is 4. The molecule has 0 aliphatic carbocycles. The van der Waals surface area contributed by atoms with Crippen LogP contribution in [0.5, 0.6) is 0 Å². The van der Waals surface area contributed by atoms with Crippen molar-refractivity contribution in [1.82, 2.24) is 4.98 Å². The van der Waals surface area contributed by atoms with Crippen LogP contribution >= 0.6 is 0 Å². The molecular weight excluding hydrogens is 316 g/mol. The minimum atomic E-state index is -0.702. The van der Waals surface area contributed by atoms with Crippen molar-refractivity contribution in [3.8, 4) is 6.07 Å². The van der Waals surface area contributed by atoms with Gasteiger partial charge in [0, 0.05) is 5.39 Å². The summed E-state index contributed by atoms with van der Waals surface area (Å²) in [6.45, 7) is 6.82. The van der Waals surface area contributed by atoms with Crippen molar-refractivity contribution in [2.24, 2.45) is 0 Å². The molecule has 0 saturated carbocycles. The van der Waals surface area contributed by atoms with Gasteiger partial charge >= 0.3 is 5.97 Å². The van der Waals surface area contributed by atoms with Gasteiger partial charge in [-0.25, -0.2) is 0 Å². The zero-order valence-electron chi connectivity index (χ0n) is 15.1. The predicted molar refractivity (Wildman–Crippen MR) is 95.2 cm³/mol. The molecule has 1 atom stereocenters. The molecule has 25 heavy (non-hydrogen) atoms. The number of nitrogens with zero attached hydrogens (tertiary/aromatic N) is 1. The van der Waals surface area contributed by atoms with E-state index in [-0.39, 0.29) is 12.4 Å². The molecule has 1 aliphatic heterocycles. The van der Waals surface area contributed by atoms with Gasteiger partial charge in [0.25, 0.3) is 0 Å². The van der Waals surface area contributed by atoms with Crippen molar-refractivity contribution < 1.29 is 14.3 Å². The van der Waals surface area contributed by atoms with E-state index in [9.17, 15) is 10.1 Å². The van der Waals surface area contributed by atoms with Gasteiger partial charge in [-0.3, -0.25) is 4.79 Å². The van der Waals surface area contributed by atoms with Crippen LogP contribution < -0.4 is 0 Å². The van der Waals surface area contributed by atoms with E-state index in [4.69, 9.17) is 9.47 Å². The smallest absolute Gasteiger partial charge is 0.309 e. The minimum absolute atomic E-state index is 0.190. The summed E-state index contributed by atoms with van der Waals surface area (Å²) < 4.78 is 11.4. The molecule has 2 heterocycles. The van der Waals surface area contributed by atoms with Crippen molar-refractivity contribution in [3.05, 3.63) is 34.5 Å². The fourth-order valence-electron chi connectivity index (χ4n) is 3.93. The van der Waals surface area contributed by atoms with Crippen LogP contribution in [0.1, 0.15) is 55.5 Å². The second-order valence-electron chi connectivity index (χ2n) is 6.59. The Hall–Kier alpha value is -2.32. The fraction of sp³-hybridized carbons (Fsp3) is 0.500. The van der Waals surface area contributed by atoms with Crippen molar-refractivity contribution in [1.29, 1.82) is 5.26 Å². The normalized spacial score (nSPS) is 19.4. The third-order valence-electron chi connectivity index (χ3n) is 4.96. The predicted octanol–water partition coefficient (Wildman–Crippen LogP) is 3.87. The molecule has 0 bridgehead atoms. The minimum Gasteiger partial charge on any atom is -0.466 e. The van der Waals surface area contributed by atoms with Crippen LogP contribution in [0.2, 0.25) is 0 Å². The van der Waals surface area contributed by atoms with Crippen LogP contribution in [0, 0.1) is 18.3 Å².